The Labute approximate surface area is 174 Å². The number of nitrogens with zero attached hydrogens (tertiary/aromatic N) is 4. The lowest BCUT2D eigenvalue weighted by atomic mass is 9.88. The van der Waals surface area contributed by atoms with Crippen molar-refractivity contribution in [2.45, 2.75) is 38.4 Å². The average molecular weight is 399 g/mol. The van der Waals surface area contributed by atoms with Crippen molar-refractivity contribution in [3.63, 3.8) is 0 Å². The molecule has 2 heterocycles. The summed E-state index contributed by atoms with van der Waals surface area (Å²) < 4.78 is 7.53. The summed E-state index contributed by atoms with van der Waals surface area (Å²) in [5.74, 6) is 0.856. The number of nitrogens with one attached hydrogen (secondary N) is 2. The summed E-state index contributed by atoms with van der Waals surface area (Å²) in [6, 6.07) is 10.4. The highest BCUT2D eigenvalue weighted by Crippen LogP contribution is 2.25. The Balaban J connectivity index is 1.68. The number of hydrogen-bond donors (Lipinski definition) is 2. The van der Waals surface area contributed by atoms with Crippen molar-refractivity contribution in [2.24, 2.45) is 4.99 Å². The standard InChI is InChI=1S/C22H34N6O/c1-4-23-21(25-18-22(27(2)3)10-14-29-15-11-22)24-16-19-8-5-6-9-20(19)17-28-13-7-12-26-28/h5-9,12-13H,4,10-11,14-18H2,1-3H3,(H2,23,24,25). The molecule has 7 nitrogen and oxygen atoms in total. The lowest BCUT2D eigenvalue weighted by Gasteiger charge is -2.43. The summed E-state index contributed by atoms with van der Waals surface area (Å²) >= 11 is 0. The van der Waals surface area contributed by atoms with Crippen molar-refractivity contribution < 1.29 is 4.74 Å². The molecule has 1 aliphatic heterocycles. The van der Waals surface area contributed by atoms with Crippen LogP contribution in [0.5, 0.6) is 0 Å². The molecule has 1 aromatic carbocycles. The van der Waals surface area contributed by atoms with Crippen molar-refractivity contribution >= 4 is 5.96 Å². The minimum absolute atomic E-state index is 0.104. The van der Waals surface area contributed by atoms with Crippen LogP contribution < -0.4 is 10.6 Å². The number of likely N-dealkylation sites (N-methyl/N-ethyl adjacent to an activating group) is 1. The average Bonchev–Trinajstić information content (AvgIpc) is 3.25. The van der Waals surface area contributed by atoms with Gasteiger partial charge in [-0.3, -0.25) is 4.68 Å². The Kier molecular flexibility index (Phi) is 7.66. The molecule has 3 rings (SSSR count). The molecule has 2 N–H and O–H groups in total. The van der Waals surface area contributed by atoms with E-state index in [0.717, 1.165) is 51.6 Å². The van der Waals surface area contributed by atoms with Gasteiger partial charge in [-0.25, -0.2) is 4.99 Å². The Bertz CT molecular complexity index is 765. The van der Waals surface area contributed by atoms with Gasteiger partial charge in [-0.2, -0.15) is 5.10 Å². The molecule has 1 fully saturated rings. The number of ether oxygens (including phenoxy) is 1. The zero-order valence-electron chi connectivity index (χ0n) is 17.9. The molecule has 29 heavy (non-hydrogen) atoms. The van der Waals surface area contributed by atoms with Crippen LogP contribution in [0.3, 0.4) is 0 Å². The monoisotopic (exact) mass is 398 g/mol. The summed E-state index contributed by atoms with van der Waals surface area (Å²) in [6.07, 6.45) is 5.85. The second-order valence-corrected chi connectivity index (χ2v) is 7.75. The third-order valence-corrected chi connectivity index (χ3v) is 5.72. The topological polar surface area (TPSA) is 66.7 Å². The van der Waals surface area contributed by atoms with Crippen LogP contribution in [-0.2, 0) is 17.8 Å². The van der Waals surface area contributed by atoms with Gasteiger partial charge in [-0.15, -0.1) is 0 Å². The Hall–Kier alpha value is -2.38. The van der Waals surface area contributed by atoms with E-state index >= 15 is 0 Å². The molecule has 0 atom stereocenters. The maximum atomic E-state index is 5.58. The van der Waals surface area contributed by atoms with E-state index in [1.54, 1.807) is 0 Å². The summed E-state index contributed by atoms with van der Waals surface area (Å²) in [5, 5.41) is 11.3. The van der Waals surface area contributed by atoms with Crippen LogP contribution in [0.25, 0.3) is 0 Å². The van der Waals surface area contributed by atoms with Gasteiger partial charge in [0.25, 0.3) is 0 Å². The number of aliphatic imine (C=N–C) groups is 1. The molecule has 7 heteroatoms. The third kappa shape index (κ3) is 5.81. The van der Waals surface area contributed by atoms with Crippen LogP contribution in [0.15, 0.2) is 47.7 Å². The lowest BCUT2D eigenvalue weighted by molar-refractivity contribution is -0.00501. The van der Waals surface area contributed by atoms with E-state index in [1.165, 1.54) is 11.1 Å². The fraction of sp³-hybridized carbons (Fsp3) is 0.545. The van der Waals surface area contributed by atoms with Gasteiger partial charge in [0, 0.05) is 44.2 Å². The van der Waals surface area contributed by atoms with Gasteiger partial charge in [-0.05, 0) is 51.1 Å². The molecular weight excluding hydrogens is 364 g/mol. The smallest absolute Gasteiger partial charge is 0.191 e. The molecule has 1 aliphatic rings. The third-order valence-electron chi connectivity index (χ3n) is 5.72. The predicted molar refractivity (Wildman–Crippen MR) is 117 cm³/mol. The fourth-order valence-corrected chi connectivity index (χ4v) is 3.72. The van der Waals surface area contributed by atoms with Crippen LogP contribution in [-0.4, -0.2) is 66.6 Å². The normalized spacial score (nSPS) is 16.8. The lowest BCUT2D eigenvalue weighted by Crippen LogP contribution is -2.57. The predicted octanol–water partition coefficient (Wildman–Crippen LogP) is 2.10. The molecule has 1 saturated heterocycles. The zero-order valence-corrected chi connectivity index (χ0v) is 17.9. The van der Waals surface area contributed by atoms with Crippen LogP contribution in [0.2, 0.25) is 0 Å². The highest BCUT2D eigenvalue weighted by atomic mass is 16.5. The molecule has 0 saturated carbocycles. The summed E-state index contributed by atoms with van der Waals surface area (Å²) in [5.41, 5.74) is 2.56. The van der Waals surface area contributed by atoms with Gasteiger partial charge in [-0.1, -0.05) is 24.3 Å². The quantitative estimate of drug-likeness (QED) is 0.527. The fourth-order valence-electron chi connectivity index (χ4n) is 3.72. The number of guanidine groups is 1. The highest BCUT2D eigenvalue weighted by molar-refractivity contribution is 5.79. The van der Waals surface area contributed by atoms with Gasteiger partial charge >= 0.3 is 0 Å². The van der Waals surface area contributed by atoms with Crippen molar-refractivity contribution in [1.82, 2.24) is 25.3 Å². The Morgan fingerprint density at radius 1 is 1.17 bits per heavy atom. The minimum Gasteiger partial charge on any atom is -0.381 e. The Morgan fingerprint density at radius 3 is 2.59 bits per heavy atom. The number of hydrogen-bond acceptors (Lipinski definition) is 4. The van der Waals surface area contributed by atoms with Gasteiger partial charge in [0.05, 0.1) is 13.1 Å². The van der Waals surface area contributed by atoms with Crippen molar-refractivity contribution in [2.75, 3.05) is 40.4 Å². The van der Waals surface area contributed by atoms with Gasteiger partial charge < -0.3 is 20.3 Å². The first kappa shape index (κ1) is 21.3. The van der Waals surface area contributed by atoms with Gasteiger partial charge in [0.1, 0.15) is 0 Å². The van der Waals surface area contributed by atoms with Crippen LogP contribution in [0.1, 0.15) is 30.9 Å². The summed E-state index contributed by atoms with van der Waals surface area (Å²) in [7, 11) is 4.31. The molecule has 158 valence electrons. The molecule has 0 spiro atoms. The first-order valence-electron chi connectivity index (χ1n) is 10.4. The van der Waals surface area contributed by atoms with E-state index in [0.29, 0.717) is 6.54 Å². The van der Waals surface area contributed by atoms with E-state index in [-0.39, 0.29) is 5.54 Å². The number of aromatic nitrogens is 2. The first-order valence-corrected chi connectivity index (χ1v) is 10.4. The largest absolute Gasteiger partial charge is 0.381 e. The van der Waals surface area contributed by atoms with Crippen LogP contribution in [0, 0.1) is 0 Å². The van der Waals surface area contributed by atoms with Gasteiger partial charge in [0.2, 0.25) is 0 Å². The van der Waals surface area contributed by atoms with E-state index in [2.05, 4.69) is 65.9 Å². The maximum absolute atomic E-state index is 5.58. The van der Waals surface area contributed by atoms with Gasteiger partial charge in [0.15, 0.2) is 5.96 Å². The second-order valence-electron chi connectivity index (χ2n) is 7.75. The van der Waals surface area contributed by atoms with E-state index in [4.69, 9.17) is 9.73 Å². The molecular formula is C22H34N6O. The zero-order chi connectivity index (χ0) is 20.5. The van der Waals surface area contributed by atoms with E-state index < -0.39 is 0 Å². The summed E-state index contributed by atoms with van der Waals surface area (Å²) in [4.78, 5) is 7.19. The molecule has 1 aromatic heterocycles. The summed E-state index contributed by atoms with van der Waals surface area (Å²) in [6.45, 7) is 6.79. The molecule has 0 bridgehead atoms. The van der Waals surface area contributed by atoms with Crippen LogP contribution in [0.4, 0.5) is 0 Å². The van der Waals surface area contributed by atoms with Crippen molar-refractivity contribution in [3.8, 4) is 0 Å². The molecule has 0 aliphatic carbocycles. The Morgan fingerprint density at radius 2 is 1.93 bits per heavy atom. The van der Waals surface area contributed by atoms with Crippen molar-refractivity contribution in [1.29, 1.82) is 0 Å². The first-order chi connectivity index (χ1) is 14.1. The molecule has 0 unspecified atom stereocenters. The second kappa shape index (κ2) is 10.4. The maximum Gasteiger partial charge on any atom is 0.191 e. The molecule has 0 amide bonds. The number of benzene rings is 1. The SMILES string of the molecule is CCNC(=NCc1ccccc1Cn1cccn1)NCC1(N(C)C)CCOCC1. The van der Waals surface area contributed by atoms with E-state index in [1.807, 2.05) is 23.1 Å². The molecule has 0 radical (unpaired) electrons. The van der Waals surface area contributed by atoms with Crippen molar-refractivity contribution in [3.05, 3.63) is 53.9 Å². The molecule has 2 aromatic rings. The minimum atomic E-state index is 0.104. The van der Waals surface area contributed by atoms with Crippen LogP contribution >= 0.6 is 0 Å². The number of rotatable bonds is 8. The van der Waals surface area contributed by atoms with E-state index in [9.17, 15) is 0 Å². The highest BCUT2D eigenvalue weighted by Gasteiger charge is 2.34.